The molecule has 2 aromatic rings. The van der Waals surface area contributed by atoms with Gasteiger partial charge in [0.15, 0.2) is 0 Å². The van der Waals surface area contributed by atoms with E-state index in [1.165, 1.54) is 17.0 Å². The number of hydrogen-bond donors (Lipinski definition) is 2. The molecule has 0 bridgehead atoms. The number of nitrogens with zero attached hydrogens (tertiary/aromatic N) is 1. The normalized spacial score (nSPS) is 14.9. The van der Waals surface area contributed by atoms with Crippen LogP contribution in [0.5, 0.6) is 5.75 Å². The van der Waals surface area contributed by atoms with Crippen molar-refractivity contribution < 1.29 is 19.8 Å². The monoisotopic (exact) mass is 325 g/mol. The molecule has 1 aliphatic rings. The summed E-state index contributed by atoms with van der Waals surface area (Å²) in [5.41, 5.74) is 1.60. The molecule has 0 spiro atoms. The summed E-state index contributed by atoms with van der Waals surface area (Å²) in [5.74, 6) is -1.17. The molecule has 124 valence electrons. The minimum Gasteiger partial charge on any atom is -0.508 e. The molecule has 0 unspecified atom stereocenters. The van der Waals surface area contributed by atoms with E-state index in [1.54, 1.807) is 19.2 Å². The van der Waals surface area contributed by atoms with Gasteiger partial charge < -0.3 is 15.1 Å². The Morgan fingerprint density at radius 3 is 2.25 bits per heavy atom. The van der Waals surface area contributed by atoms with Crippen LogP contribution < -0.4 is 4.90 Å². The highest BCUT2D eigenvalue weighted by atomic mass is 16.4. The molecule has 0 heterocycles. The van der Waals surface area contributed by atoms with Gasteiger partial charge in [-0.2, -0.15) is 0 Å². The first-order valence-electron chi connectivity index (χ1n) is 7.77. The van der Waals surface area contributed by atoms with Gasteiger partial charge in [0.05, 0.1) is 11.8 Å². The zero-order chi connectivity index (χ0) is 17.3. The molecule has 2 aromatic carbocycles. The number of benzene rings is 2. The van der Waals surface area contributed by atoms with Crippen molar-refractivity contribution >= 4 is 17.6 Å². The highest BCUT2D eigenvalue weighted by molar-refractivity contribution is 6.00. The Hall–Kier alpha value is -2.82. The minimum absolute atomic E-state index is 0.0640. The molecule has 0 saturated heterocycles. The summed E-state index contributed by atoms with van der Waals surface area (Å²) >= 11 is 0. The van der Waals surface area contributed by atoms with Crippen LogP contribution in [-0.2, 0) is 22.4 Å². The van der Waals surface area contributed by atoms with Crippen molar-refractivity contribution in [2.45, 2.75) is 19.3 Å². The molecule has 0 aromatic heterocycles. The summed E-state index contributed by atoms with van der Waals surface area (Å²) in [5, 5.41) is 19.0. The predicted octanol–water partition coefficient (Wildman–Crippen LogP) is 2.61. The molecule has 5 nitrogen and oxygen atoms in total. The number of carboxylic acid groups (broad SMARTS) is 1. The molecule has 2 N–H and O–H groups in total. The molecule has 1 aliphatic carbocycles. The molecule has 0 atom stereocenters. The van der Waals surface area contributed by atoms with E-state index in [1.807, 2.05) is 24.3 Å². The van der Waals surface area contributed by atoms with Crippen LogP contribution in [-0.4, -0.2) is 29.1 Å². The van der Waals surface area contributed by atoms with E-state index in [4.69, 9.17) is 0 Å². The van der Waals surface area contributed by atoms with Gasteiger partial charge in [0.2, 0.25) is 5.91 Å². The summed E-state index contributed by atoms with van der Waals surface area (Å²) in [6.07, 6.45) is 0.610. The Bertz CT molecular complexity index is 774. The molecular weight excluding hydrogens is 306 g/mol. The molecule has 0 radical (unpaired) electrons. The molecule has 3 rings (SSSR count). The number of amides is 1. The lowest BCUT2D eigenvalue weighted by Gasteiger charge is -2.31. The van der Waals surface area contributed by atoms with Gasteiger partial charge in [0.25, 0.3) is 0 Å². The largest absolute Gasteiger partial charge is 0.508 e. The summed E-state index contributed by atoms with van der Waals surface area (Å²) in [6, 6.07) is 14.1. The molecule has 24 heavy (non-hydrogen) atoms. The van der Waals surface area contributed by atoms with Crippen LogP contribution in [0, 0.1) is 5.41 Å². The molecule has 5 heteroatoms. The van der Waals surface area contributed by atoms with Crippen LogP contribution in [0.4, 0.5) is 5.69 Å². The highest BCUT2D eigenvalue weighted by Gasteiger charge is 2.47. The standard InChI is InChI=1S/C19H19NO4/c1-20(15-7-4-8-16(21)9-15)18(24)19(12-17(22)23)10-13-5-2-3-6-14(13)11-19/h2-9,21H,10-12H2,1H3,(H,22,23). The van der Waals surface area contributed by atoms with Gasteiger partial charge in [-0.15, -0.1) is 0 Å². The first kappa shape index (κ1) is 16.1. The average Bonchev–Trinajstić information content (AvgIpc) is 2.91. The first-order chi connectivity index (χ1) is 11.4. The third-order valence-electron chi connectivity index (χ3n) is 4.64. The molecule has 1 amide bonds. The fourth-order valence-electron chi connectivity index (χ4n) is 3.51. The first-order valence-corrected chi connectivity index (χ1v) is 7.77. The van der Waals surface area contributed by atoms with Crippen LogP contribution >= 0.6 is 0 Å². The van der Waals surface area contributed by atoms with Gasteiger partial charge in [0.1, 0.15) is 5.75 Å². The lowest BCUT2D eigenvalue weighted by Crippen LogP contribution is -2.44. The Labute approximate surface area is 140 Å². The smallest absolute Gasteiger partial charge is 0.304 e. The van der Waals surface area contributed by atoms with Crippen molar-refractivity contribution in [2.75, 3.05) is 11.9 Å². The van der Waals surface area contributed by atoms with E-state index in [9.17, 15) is 19.8 Å². The topological polar surface area (TPSA) is 77.8 Å². The Kier molecular flexibility index (Phi) is 4.01. The molecule has 0 aliphatic heterocycles. The summed E-state index contributed by atoms with van der Waals surface area (Å²) in [7, 11) is 1.61. The third-order valence-corrected chi connectivity index (χ3v) is 4.64. The van der Waals surface area contributed by atoms with Gasteiger partial charge >= 0.3 is 5.97 Å². The second-order valence-electron chi connectivity index (χ2n) is 6.36. The van der Waals surface area contributed by atoms with E-state index in [-0.39, 0.29) is 18.1 Å². The van der Waals surface area contributed by atoms with E-state index < -0.39 is 11.4 Å². The SMILES string of the molecule is CN(C(=O)C1(CC(=O)O)Cc2ccccc2C1)c1cccc(O)c1. The second-order valence-corrected chi connectivity index (χ2v) is 6.36. The number of hydrogen-bond acceptors (Lipinski definition) is 3. The predicted molar refractivity (Wildman–Crippen MR) is 90.1 cm³/mol. The molecule has 0 saturated carbocycles. The van der Waals surface area contributed by atoms with E-state index in [2.05, 4.69) is 0 Å². The van der Waals surface area contributed by atoms with Crippen LogP contribution in [0.1, 0.15) is 17.5 Å². The van der Waals surface area contributed by atoms with Crippen molar-refractivity contribution in [1.82, 2.24) is 0 Å². The maximum Gasteiger partial charge on any atom is 0.304 e. The van der Waals surface area contributed by atoms with Gasteiger partial charge in [0, 0.05) is 18.8 Å². The number of anilines is 1. The van der Waals surface area contributed by atoms with Crippen LogP contribution in [0.2, 0.25) is 0 Å². The van der Waals surface area contributed by atoms with Crippen molar-refractivity contribution in [3.05, 3.63) is 59.7 Å². The number of carboxylic acids is 1. The van der Waals surface area contributed by atoms with E-state index in [0.717, 1.165) is 11.1 Å². The number of carbonyl (C=O) groups excluding carboxylic acids is 1. The van der Waals surface area contributed by atoms with Gasteiger partial charge in [-0.1, -0.05) is 30.3 Å². The Morgan fingerprint density at radius 1 is 1.08 bits per heavy atom. The summed E-state index contributed by atoms with van der Waals surface area (Å²) in [4.78, 5) is 26.0. The zero-order valence-electron chi connectivity index (χ0n) is 13.4. The fourth-order valence-corrected chi connectivity index (χ4v) is 3.51. The Balaban J connectivity index is 1.95. The van der Waals surface area contributed by atoms with Gasteiger partial charge in [-0.05, 0) is 36.1 Å². The number of carbonyl (C=O) groups is 2. The Morgan fingerprint density at radius 2 is 1.71 bits per heavy atom. The van der Waals surface area contributed by atoms with Crippen LogP contribution in [0.15, 0.2) is 48.5 Å². The summed E-state index contributed by atoms with van der Waals surface area (Å²) in [6.45, 7) is 0. The number of aromatic hydroxyl groups is 1. The highest BCUT2D eigenvalue weighted by Crippen LogP contribution is 2.42. The van der Waals surface area contributed by atoms with Crippen LogP contribution in [0.3, 0.4) is 0 Å². The lowest BCUT2D eigenvalue weighted by molar-refractivity contribution is -0.144. The second kappa shape index (κ2) is 6.00. The van der Waals surface area contributed by atoms with E-state index >= 15 is 0 Å². The minimum atomic E-state index is -0.990. The number of phenols is 1. The van der Waals surface area contributed by atoms with E-state index in [0.29, 0.717) is 18.5 Å². The fraction of sp³-hybridized carbons (Fsp3) is 0.263. The lowest BCUT2D eigenvalue weighted by atomic mass is 9.79. The molecular formula is C19H19NO4. The van der Waals surface area contributed by atoms with Gasteiger partial charge in [-0.3, -0.25) is 9.59 Å². The maximum absolute atomic E-state index is 13.2. The zero-order valence-corrected chi connectivity index (χ0v) is 13.4. The molecule has 0 fully saturated rings. The van der Waals surface area contributed by atoms with Crippen molar-refractivity contribution in [3.63, 3.8) is 0 Å². The number of aliphatic carboxylic acids is 1. The van der Waals surface area contributed by atoms with Crippen LogP contribution in [0.25, 0.3) is 0 Å². The maximum atomic E-state index is 13.2. The third kappa shape index (κ3) is 2.85. The quantitative estimate of drug-likeness (QED) is 0.906. The van der Waals surface area contributed by atoms with Crippen molar-refractivity contribution in [3.8, 4) is 5.75 Å². The van der Waals surface area contributed by atoms with Gasteiger partial charge in [-0.25, -0.2) is 0 Å². The average molecular weight is 325 g/mol. The summed E-state index contributed by atoms with van der Waals surface area (Å²) < 4.78 is 0. The number of fused-ring (bicyclic) bond motifs is 1. The van der Waals surface area contributed by atoms with Crippen molar-refractivity contribution in [2.24, 2.45) is 5.41 Å². The number of rotatable bonds is 4. The number of phenolic OH excluding ortho intramolecular Hbond substituents is 1. The van der Waals surface area contributed by atoms with Crippen molar-refractivity contribution in [1.29, 1.82) is 0 Å².